The van der Waals surface area contributed by atoms with E-state index in [-0.39, 0.29) is 0 Å². The highest BCUT2D eigenvalue weighted by atomic mass is 15.3. The number of allylic oxidation sites excluding steroid dienone is 2. The maximum atomic E-state index is 5.66. The predicted octanol–water partition coefficient (Wildman–Crippen LogP) is 5.70. The maximum Gasteiger partial charge on any atom is 0.102 e. The number of hydrogen-bond donors (Lipinski definition) is 1. The average Bonchev–Trinajstić information content (AvgIpc) is 3.06. The first-order chi connectivity index (χ1) is 12.4. The van der Waals surface area contributed by atoms with E-state index in [2.05, 4.69) is 35.2 Å². The lowest BCUT2D eigenvalue weighted by atomic mass is 10.0. The van der Waals surface area contributed by atoms with E-state index in [0.29, 0.717) is 6.17 Å². The molecule has 1 atom stereocenters. The van der Waals surface area contributed by atoms with E-state index in [1.165, 1.54) is 89.9 Å². The van der Waals surface area contributed by atoms with Crippen LogP contribution in [0.1, 0.15) is 96.8 Å². The summed E-state index contributed by atoms with van der Waals surface area (Å²) in [6.45, 7) is 4.99. The van der Waals surface area contributed by atoms with E-state index in [1.54, 1.807) is 0 Å². The van der Waals surface area contributed by atoms with Gasteiger partial charge in [-0.3, -0.25) is 9.89 Å². The van der Waals surface area contributed by atoms with Crippen molar-refractivity contribution < 1.29 is 0 Å². The van der Waals surface area contributed by atoms with Crippen molar-refractivity contribution in [3.8, 4) is 0 Å². The molecule has 0 spiro atoms. The van der Waals surface area contributed by atoms with Crippen molar-refractivity contribution in [3.05, 3.63) is 12.2 Å². The van der Waals surface area contributed by atoms with Gasteiger partial charge in [0.05, 0.1) is 0 Å². The molecule has 1 aliphatic heterocycles. The Morgan fingerprint density at radius 2 is 1.52 bits per heavy atom. The smallest absolute Gasteiger partial charge is 0.102 e. The van der Waals surface area contributed by atoms with Crippen LogP contribution in [0, 0.1) is 0 Å². The zero-order chi connectivity index (χ0) is 18.0. The minimum absolute atomic E-state index is 0.416. The number of rotatable bonds is 17. The van der Waals surface area contributed by atoms with Gasteiger partial charge >= 0.3 is 0 Å². The summed E-state index contributed by atoms with van der Waals surface area (Å²) in [6.07, 6.45) is 26.2. The molecule has 1 rings (SSSR count). The summed E-state index contributed by atoms with van der Waals surface area (Å²) in [4.78, 5) is 6.98. The van der Waals surface area contributed by atoms with Gasteiger partial charge in [0, 0.05) is 25.8 Å². The lowest BCUT2D eigenvalue weighted by Gasteiger charge is -2.21. The third-order valence-electron chi connectivity index (χ3n) is 5.16. The Morgan fingerprint density at radius 1 is 0.920 bits per heavy atom. The van der Waals surface area contributed by atoms with E-state index in [9.17, 15) is 0 Å². The van der Waals surface area contributed by atoms with Gasteiger partial charge in [-0.15, -0.1) is 0 Å². The summed E-state index contributed by atoms with van der Waals surface area (Å²) in [6, 6.07) is 0. The van der Waals surface area contributed by atoms with Gasteiger partial charge in [0.25, 0.3) is 0 Å². The molecule has 3 heteroatoms. The first kappa shape index (κ1) is 22.4. The molecule has 0 saturated carbocycles. The normalized spacial score (nSPS) is 17.9. The summed E-state index contributed by atoms with van der Waals surface area (Å²) in [5.74, 6) is 0. The number of unbranched alkanes of at least 4 members (excludes halogenated alkanes) is 11. The third-order valence-corrected chi connectivity index (χ3v) is 5.16. The topological polar surface area (TPSA) is 41.6 Å². The van der Waals surface area contributed by atoms with Gasteiger partial charge in [0.1, 0.15) is 6.17 Å². The lowest BCUT2D eigenvalue weighted by molar-refractivity contribution is 0.241. The fraction of sp³-hybridized carbons (Fsp3) is 0.864. The van der Waals surface area contributed by atoms with Crippen molar-refractivity contribution >= 4 is 6.21 Å². The molecule has 0 fully saturated rings. The van der Waals surface area contributed by atoms with Crippen LogP contribution >= 0.6 is 0 Å². The Balaban J connectivity index is 1.79. The van der Waals surface area contributed by atoms with Crippen molar-refractivity contribution in [2.75, 3.05) is 19.6 Å². The SMILES string of the molecule is CCCC/C=C/CCCCCCCCCCCC1N=CCN1CCN. The molecule has 2 N–H and O–H groups in total. The number of aliphatic imine (C=N–C) groups is 1. The van der Waals surface area contributed by atoms with Crippen molar-refractivity contribution in [2.45, 2.75) is 103 Å². The molecule has 0 aromatic carbocycles. The van der Waals surface area contributed by atoms with Crippen LogP contribution in [0.15, 0.2) is 17.1 Å². The molecule has 1 heterocycles. The monoisotopic (exact) mass is 349 g/mol. The molecule has 146 valence electrons. The van der Waals surface area contributed by atoms with Gasteiger partial charge in [-0.2, -0.15) is 0 Å². The van der Waals surface area contributed by atoms with Gasteiger partial charge in [0.2, 0.25) is 0 Å². The van der Waals surface area contributed by atoms with E-state index in [0.717, 1.165) is 19.6 Å². The molecule has 0 aromatic rings. The minimum atomic E-state index is 0.416. The van der Waals surface area contributed by atoms with Crippen LogP contribution in [-0.4, -0.2) is 36.9 Å². The zero-order valence-corrected chi connectivity index (χ0v) is 16.8. The summed E-state index contributed by atoms with van der Waals surface area (Å²) >= 11 is 0. The number of hydrogen-bond acceptors (Lipinski definition) is 3. The summed E-state index contributed by atoms with van der Waals surface area (Å²) in [5, 5.41) is 0. The van der Waals surface area contributed by atoms with Crippen LogP contribution in [0.2, 0.25) is 0 Å². The highest BCUT2D eigenvalue weighted by Crippen LogP contribution is 2.16. The zero-order valence-electron chi connectivity index (χ0n) is 16.8. The van der Waals surface area contributed by atoms with Gasteiger partial charge in [-0.25, -0.2) is 0 Å². The molecule has 0 bridgehead atoms. The van der Waals surface area contributed by atoms with E-state index >= 15 is 0 Å². The van der Waals surface area contributed by atoms with Crippen LogP contribution in [0.4, 0.5) is 0 Å². The second-order valence-electron chi connectivity index (χ2n) is 7.47. The molecule has 0 amide bonds. The van der Waals surface area contributed by atoms with Crippen LogP contribution in [0.25, 0.3) is 0 Å². The Morgan fingerprint density at radius 3 is 2.16 bits per heavy atom. The Bertz CT molecular complexity index is 338. The molecule has 1 aliphatic rings. The van der Waals surface area contributed by atoms with Crippen LogP contribution in [0.3, 0.4) is 0 Å². The molecule has 0 radical (unpaired) electrons. The molecule has 25 heavy (non-hydrogen) atoms. The second kappa shape index (κ2) is 16.8. The summed E-state index contributed by atoms with van der Waals surface area (Å²) in [7, 11) is 0. The van der Waals surface area contributed by atoms with Gasteiger partial charge in [-0.1, -0.05) is 76.9 Å². The predicted molar refractivity (Wildman–Crippen MR) is 112 cm³/mol. The highest BCUT2D eigenvalue weighted by molar-refractivity contribution is 5.62. The van der Waals surface area contributed by atoms with E-state index < -0.39 is 0 Å². The number of nitrogens with zero attached hydrogens (tertiary/aromatic N) is 2. The lowest BCUT2D eigenvalue weighted by Crippen LogP contribution is -2.34. The van der Waals surface area contributed by atoms with Crippen molar-refractivity contribution in [1.29, 1.82) is 0 Å². The maximum absolute atomic E-state index is 5.66. The Hall–Kier alpha value is -0.670. The average molecular weight is 350 g/mol. The van der Waals surface area contributed by atoms with Crippen LogP contribution in [-0.2, 0) is 0 Å². The van der Waals surface area contributed by atoms with Crippen molar-refractivity contribution in [3.63, 3.8) is 0 Å². The minimum Gasteiger partial charge on any atom is -0.329 e. The van der Waals surface area contributed by atoms with E-state index in [1.807, 2.05) is 0 Å². The molecule has 0 saturated heterocycles. The third kappa shape index (κ3) is 12.3. The fourth-order valence-electron chi connectivity index (χ4n) is 3.54. The summed E-state index contributed by atoms with van der Waals surface area (Å²) < 4.78 is 0. The first-order valence-corrected chi connectivity index (χ1v) is 11.0. The highest BCUT2D eigenvalue weighted by Gasteiger charge is 2.19. The Kier molecular flexibility index (Phi) is 15.0. The van der Waals surface area contributed by atoms with Gasteiger partial charge < -0.3 is 5.73 Å². The van der Waals surface area contributed by atoms with Crippen molar-refractivity contribution in [1.82, 2.24) is 4.90 Å². The van der Waals surface area contributed by atoms with E-state index in [4.69, 9.17) is 5.73 Å². The number of nitrogens with two attached hydrogens (primary N) is 1. The quantitative estimate of drug-likeness (QED) is 0.270. The molecular weight excluding hydrogens is 306 g/mol. The van der Waals surface area contributed by atoms with Gasteiger partial charge in [0.15, 0.2) is 0 Å². The summed E-state index contributed by atoms with van der Waals surface area (Å²) in [5.41, 5.74) is 5.66. The van der Waals surface area contributed by atoms with Crippen LogP contribution in [0.5, 0.6) is 0 Å². The second-order valence-corrected chi connectivity index (χ2v) is 7.47. The van der Waals surface area contributed by atoms with Crippen LogP contribution < -0.4 is 5.73 Å². The first-order valence-electron chi connectivity index (χ1n) is 11.0. The molecule has 3 nitrogen and oxygen atoms in total. The van der Waals surface area contributed by atoms with Crippen molar-refractivity contribution in [2.24, 2.45) is 10.7 Å². The van der Waals surface area contributed by atoms with Gasteiger partial charge in [-0.05, 0) is 32.1 Å². The molecule has 0 aliphatic carbocycles. The largest absolute Gasteiger partial charge is 0.329 e. The molecular formula is C22H43N3. The Labute approximate surface area is 157 Å². The fourth-order valence-corrected chi connectivity index (χ4v) is 3.54. The standard InChI is InChI=1S/C22H43N3/c1-2-3-4-5-6-7-8-9-10-11-12-13-14-15-16-17-22-24-19-21-25(22)20-18-23/h5-6,19,22H,2-4,7-18,20-21,23H2,1H3/b6-5+. The molecule has 1 unspecified atom stereocenters. The molecule has 0 aromatic heterocycles.